The van der Waals surface area contributed by atoms with Gasteiger partial charge < -0.3 is 15.1 Å². The molecule has 0 bridgehead atoms. The van der Waals surface area contributed by atoms with Crippen LogP contribution in [0.2, 0.25) is 4.34 Å². The topological polar surface area (TPSA) is 73.0 Å². The van der Waals surface area contributed by atoms with E-state index in [9.17, 15) is 13.2 Å². The first-order chi connectivity index (χ1) is 14.8. The number of anilines is 2. The summed E-state index contributed by atoms with van der Waals surface area (Å²) >= 11 is 7.17. The molecule has 1 aliphatic heterocycles. The van der Waals surface area contributed by atoms with Gasteiger partial charge in [0.25, 0.3) is 5.91 Å². The van der Waals surface area contributed by atoms with Crippen LogP contribution in [0.4, 0.5) is 11.4 Å². The van der Waals surface area contributed by atoms with Gasteiger partial charge in [0.2, 0.25) is 10.0 Å². The Labute approximate surface area is 193 Å². The third kappa shape index (κ3) is 5.40. The highest BCUT2D eigenvalue weighted by molar-refractivity contribution is 7.89. The fraction of sp³-hybridized carbons (Fsp3) is 0.476. The van der Waals surface area contributed by atoms with Crippen molar-refractivity contribution in [2.45, 2.75) is 25.7 Å². The van der Waals surface area contributed by atoms with E-state index in [1.54, 1.807) is 30.3 Å². The van der Waals surface area contributed by atoms with E-state index in [4.69, 9.17) is 11.6 Å². The van der Waals surface area contributed by atoms with Gasteiger partial charge in [0.05, 0.1) is 25.5 Å². The average Bonchev–Trinajstić information content (AvgIpc) is 3.21. The number of halogens is 1. The maximum Gasteiger partial charge on any atom is 0.265 e. The summed E-state index contributed by atoms with van der Waals surface area (Å²) in [4.78, 5) is 18.0. The van der Waals surface area contributed by atoms with E-state index in [0.717, 1.165) is 38.4 Å². The van der Waals surface area contributed by atoms with Gasteiger partial charge in [0.15, 0.2) is 0 Å². The molecule has 7 nitrogen and oxygen atoms in total. The summed E-state index contributed by atoms with van der Waals surface area (Å²) in [7, 11) is -3.64. The molecule has 0 saturated carbocycles. The Balaban J connectivity index is 1.97. The first-order valence-corrected chi connectivity index (χ1v) is 13.1. The summed E-state index contributed by atoms with van der Waals surface area (Å²) in [5, 5.41) is 2.92. The van der Waals surface area contributed by atoms with Crippen molar-refractivity contribution in [2.75, 3.05) is 56.0 Å². The second-order valence-electron chi connectivity index (χ2n) is 7.25. The molecular formula is C21H29ClN4O3S2. The summed E-state index contributed by atoms with van der Waals surface area (Å²) in [5.41, 5.74) is 1.32. The first kappa shape index (κ1) is 24.0. The van der Waals surface area contributed by atoms with E-state index in [-0.39, 0.29) is 10.8 Å². The molecule has 0 radical (unpaired) electrons. The molecule has 170 valence electrons. The highest BCUT2D eigenvalue weighted by Crippen LogP contribution is 2.32. The van der Waals surface area contributed by atoms with Crippen molar-refractivity contribution in [3.8, 4) is 0 Å². The molecule has 1 aromatic heterocycles. The van der Waals surface area contributed by atoms with Crippen LogP contribution in [0.1, 0.15) is 30.4 Å². The third-order valence-electron chi connectivity index (χ3n) is 5.52. The lowest BCUT2D eigenvalue weighted by Crippen LogP contribution is -2.46. The molecule has 2 aromatic rings. The monoisotopic (exact) mass is 484 g/mol. The fourth-order valence-electron chi connectivity index (χ4n) is 3.69. The Morgan fingerprint density at radius 3 is 2.32 bits per heavy atom. The van der Waals surface area contributed by atoms with E-state index in [1.807, 2.05) is 13.8 Å². The van der Waals surface area contributed by atoms with Crippen LogP contribution in [-0.4, -0.2) is 69.3 Å². The van der Waals surface area contributed by atoms with Crippen LogP contribution in [0.15, 0.2) is 35.2 Å². The number of sulfonamides is 1. The van der Waals surface area contributed by atoms with Gasteiger partial charge in [-0.1, -0.05) is 32.4 Å². The molecule has 0 atom stereocenters. The van der Waals surface area contributed by atoms with Gasteiger partial charge in [-0.05, 0) is 36.9 Å². The Morgan fingerprint density at radius 1 is 1.10 bits per heavy atom. The van der Waals surface area contributed by atoms with Crippen molar-refractivity contribution in [1.82, 2.24) is 9.21 Å². The smallest absolute Gasteiger partial charge is 0.265 e. The molecule has 1 saturated heterocycles. The lowest BCUT2D eigenvalue weighted by atomic mass is 10.2. The minimum atomic E-state index is -3.64. The number of hydrogen-bond acceptors (Lipinski definition) is 6. The van der Waals surface area contributed by atoms with Gasteiger partial charge in [-0.15, -0.1) is 11.3 Å². The molecule has 1 fully saturated rings. The normalized spacial score (nSPS) is 15.5. The number of carbonyl (C=O) groups is 1. The van der Waals surface area contributed by atoms with Crippen LogP contribution in [0, 0.1) is 0 Å². The van der Waals surface area contributed by atoms with Crippen LogP contribution in [0.3, 0.4) is 0 Å². The average molecular weight is 485 g/mol. The second-order valence-corrected chi connectivity index (χ2v) is 10.9. The van der Waals surface area contributed by atoms with E-state index >= 15 is 0 Å². The SMILES string of the molecule is CCN1CCN(c2ccc(S(=O)(=O)N(CC)CC)cc2NC(=O)c2ccc(Cl)s2)CC1. The number of nitrogens with zero attached hydrogens (tertiary/aromatic N) is 3. The van der Waals surface area contributed by atoms with Crippen LogP contribution in [-0.2, 0) is 10.0 Å². The molecule has 0 unspecified atom stereocenters. The molecule has 0 aliphatic carbocycles. The van der Waals surface area contributed by atoms with Gasteiger partial charge in [-0.2, -0.15) is 4.31 Å². The van der Waals surface area contributed by atoms with Crippen LogP contribution < -0.4 is 10.2 Å². The molecule has 2 heterocycles. The summed E-state index contributed by atoms with van der Waals surface area (Å²) < 4.78 is 28.0. The number of benzene rings is 1. The number of amides is 1. The molecule has 1 aromatic carbocycles. The third-order valence-corrected chi connectivity index (χ3v) is 8.79. The van der Waals surface area contributed by atoms with Crippen molar-refractivity contribution in [1.29, 1.82) is 0 Å². The number of rotatable bonds is 8. The number of nitrogens with one attached hydrogen (secondary N) is 1. The fourth-order valence-corrected chi connectivity index (χ4v) is 6.11. The standard InChI is InChI=1S/C21H29ClN4O3S2/c1-4-24-11-13-25(14-12-24)18-8-7-16(31(28,29)26(5-2)6-3)15-17(18)23-21(27)19-9-10-20(22)30-19/h7-10,15H,4-6,11-14H2,1-3H3,(H,23,27). The van der Waals surface area contributed by atoms with Crippen LogP contribution in [0.25, 0.3) is 0 Å². The van der Waals surface area contributed by atoms with Crippen molar-refractivity contribution in [3.63, 3.8) is 0 Å². The molecule has 10 heteroatoms. The molecular weight excluding hydrogens is 456 g/mol. The number of thiophene rings is 1. The van der Waals surface area contributed by atoms with Crippen LogP contribution in [0.5, 0.6) is 0 Å². The summed E-state index contributed by atoms with van der Waals surface area (Å²) in [6.45, 7) is 11.0. The van der Waals surface area contributed by atoms with Gasteiger partial charge in [-0.25, -0.2) is 8.42 Å². The highest BCUT2D eigenvalue weighted by atomic mass is 35.5. The van der Waals surface area contributed by atoms with Crippen LogP contribution >= 0.6 is 22.9 Å². The summed E-state index contributed by atoms with van der Waals surface area (Å²) in [5.74, 6) is -0.303. The Kier molecular flexibility index (Phi) is 7.98. The molecule has 31 heavy (non-hydrogen) atoms. The largest absolute Gasteiger partial charge is 0.367 e. The van der Waals surface area contributed by atoms with Gasteiger partial charge in [0, 0.05) is 39.3 Å². The lowest BCUT2D eigenvalue weighted by molar-refractivity contribution is 0.103. The lowest BCUT2D eigenvalue weighted by Gasteiger charge is -2.36. The molecule has 1 aliphatic rings. The van der Waals surface area contributed by atoms with Crippen molar-refractivity contribution >= 4 is 50.2 Å². The van der Waals surface area contributed by atoms with Gasteiger partial charge in [-0.3, -0.25) is 4.79 Å². The molecule has 1 amide bonds. The van der Waals surface area contributed by atoms with Gasteiger partial charge in [0.1, 0.15) is 0 Å². The van der Waals surface area contributed by atoms with E-state index < -0.39 is 10.0 Å². The molecule has 1 N–H and O–H groups in total. The zero-order chi connectivity index (χ0) is 22.6. The van der Waals surface area contributed by atoms with Crippen molar-refractivity contribution < 1.29 is 13.2 Å². The Hall–Kier alpha value is -1.65. The number of piperazine rings is 1. The maximum absolute atomic E-state index is 13.1. The number of carbonyl (C=O) groups excluding carboxylic acids is 1. The maximum atomic E-state index is 13.1. The van der Waals surface area contributed by atoms with Crippen molar-refractivity contribution in [3.05, 3.63) is 39.5 Å². The van der Waals surface area contributed by atoms with E-state index in [1.165, 1.54) is 15.6 Å². The minimum absolute atomic E-state index is 0.173. The zero-order valence-corrected chi connectivity index (χ0v) is 20.5. The predicted octanol–water partition coefficient (Wildman–Crippen LogP) is 3.83. The minimum Gasteiger partial charge on any atom is -0.367 e. The van der Waals surface area contributed by atoms with E-state index in [2.05, 4.69) is 22.0 Å². The second kappa shape index (κ2) is 10.3. The Morgan fingerprint density at radius 2 is 1.77 bits per heavy atom. The molecule has 0 spiro atoms. The summed E-state index contributed by atoms with van der Waals surface area (Å²) in [6.07, 6.45) is 0. The first-order valence-electron chi connectivity index (χ1n) is 10.5. The highest BCUT2D eigenvalue weighted by Gasteiger charge is 2.25. The molecule has 3 rings (SSSR count). The number of likely N-dealkylation sites (N-methyl/N-ethyl adjacent to an activating group) is 1. The quantitative estimate of drug-likeness (QED) is 0.616. The van der Waals surface area contributed by atoms with Crippen molar-refractivity contribution in [2.24, 2.45) is 0 Å². The summed E-state index contributed by atoms with van der Waals surface area (Å²) in [6, 6.07) is 8.34. The zero-order valence-electron chi connectivity index (χ0n) is 18.1. The van der Waals surface area contributed by atoms with E-state index in [0.29, 0.717) is 28.0 Å². The Bertz CT molecular complexity index is 1010. The predicted molar refractivity (Wildman–Crippen MR) is 128 cm³/mol. The van der Waals surface area contributed by atoms with Gasteiger partial charge >= 0.3 is 0 Å². The number of hydrogen-bond donors (Lipinski definition) is 1.